The van der Waals surface area contributed by atoms with E-state index in [-0.39, 0.29) is 18.3 Å². The number of nitrogens with one attached hydrogen (secondary N) is 1. The van der Waals surface area contributed by atoms with Gasteiger partial charge in [-0.2, -0.15) is 0 Å². The van der Waals surface area contributed by atoms with E-state index >= 15 is 0 Å². The van der Waals surface area contributed by atoms with Crippen LogP contribution in [0.1, 0.15) is 19.4 Å². The average molecular weight is 459 g/mol. The number of esters is 1. The zero-order valence-electron chi connectivity index (χ0n) is 15.8. The van der Waals surface area contributed by atoms with Crippen LogP contribution in [0.25, 0.3) is 6.08 Å². The van der Waals surface area contributed by atoms with Crippen LogP contribution in [0.15, 0.2) is 58.6 Å². The Morgan fingerprint density at radius 1 is 1.17 bits per heavy atom. The lowest BCUT2D eigenvalue weighted by Crippen LogP contribution is -2.35. The van der Waals surface area contributed by atoms with Gasteiger partial charge in [-0.3, -0.25) is 15.0 Å². The van der Waals surface area contributed by atoms with E-state index < -0.39 is 17.8 Å². The van der Waals surface area contributed by atoms with Crippen molar-refractivity contribution < 1.29 is 23.9 Å². The SMILES string of the molecule is CC(C)OC(=O)COc1ccc(/C=C2/C(=O)NN(c3ccccc3)C2=O)cc1Br. The summed E-state index contributed by atoms with van der Waals surface area (Å²) in [7, 11) is 0. The van der Waals surface area contributed by atoms with E-state index in [1.54, 1.807) is 56.3 Å². The molecule has 1 aliphatic heterocycles. The molecule has 1 heterocycles. The van der Waals surface area contributed by atoms with E-state index in [4.69, 9.17) is 9.47 Å². The normalized spacial score (nSPS) is 15.0. The molecule has 1 aliphatic rings. The molecule has 150 valence electrons. The highest BCUT2D eigenvalue weighted by Crippen LogP contribution is 2.28. The first kappa shape index (κ1) is 20.6. The van der Waals surface area contributed by atoms with Crippen molar-refractivity contribution in [3.05, 3.63) is 64.1 Å². The monoisotopic (exact) mass is 458 g/mol. The first-order valence-electron chi connectivity index (χ1n) is 8.89. The molecule has 1 saturated heterocycles. The fraction of sp³-hybridized carbons (Fsp3) is 0.190. The lowest BCUT2D eigenvalue weighted by atomic mass is 10.1. The Bertz CT molecular complexity index is 972. The summed E-state index contributed by atoms with van der Waals surface area (Å²) in [5, 5.41) is 1.21. The van der Waals surface area contributed by atoms with Crippen molar-refractivity contribution in [3.8, 4) is 5.75 Å². The van der Waals surface area contributed by atoms with Gasteiger partial charge in [0.15, 0.2) is 6.61 Å². The minimum atomic E-state index is -0.480. The molecule has 29 heavy (non-hydrogen) atoms. The smallest absolute Gasteiger partial charge is 0.344 e. The second-order valence-electron chi connectivity index (χ2n) is 6.49. The number of nitrogens with zero attached hydrogens (tertiary/aromatic N) is 1. The highest BCUT2D eigenvalue weighted by Gasteiger charge is 2.34. The van der Waals surface area contributed by atoms with Crippen LogP contribution in [-0.2, 0) is 19.1 Å². The Morgan fingerprint density at radius 3 is 2.55 bits per heavy atom. The van der Waals surface area contributed by atoms with Crippen molar-refractivity contribution in [2.75, 3.05) is 11.6 Å². The van der Waals surface area contributed by atoms with E-state index in [9.17, 15) is 14.4 Å². The quantitative estimate of drug-likeness (QED) is 0.408. The van der Waals surface area contributed by atoms with Crippen LogP contribution in [0.2, 0.25) is 0 Å². The maximum atomic E-state index is 12.6. The summed E-state index contributed by atoms with van der Waals surface area (Å²) < 4.78 is 11.0. The van der Waals surface area contributed by atoms with Crippen LogP contribution in [-0.4, -0.2) is 30.5 Å². The molecule has 1 fully saturated rings. The number of hydrazine groups is 1. The molecule has 0 unspecified atom stereocenters. The number of hydrogen-bond acceptors (Lipinski definition) is 5. The van der Waals surface area contributed by atoms with Gasteiger partial charge < -0.3 is 9.47 Å². The third-order valence-electron chi connectivity index (χ3n) is 3.89. The fourth-order valence-corrected chi connectivity index (χ4v) is 3.15. The van der Waals surface area contributed by atoms with Gasteiger partial charge in [0.05, 0.1) is 16.3 Å². The summed E-state index contributed by atoms with van der Waals surface area (Å²) in [5.74, 6) is -0.936. The number of carbonyl (C=O) groups is 3. The third kappa shape index (κ3) is 5.03. The van der Waals surface area contributed by atoms with Crippen molar-refractivity contribution in [1.82, 2.24) is 5.43 Å². The van der Waals surface area contributed by atoms with Gasteiger partial charge in [-0.25, -0.2) is 9.80 Å². The lowest BCUT2D eigenvalue weighted by Gasteiger charge is -2.13. The van der Waals surface area contributed by atoms with Crippen molar-refractivity contribution in [2.24, 2.45) is 0 Å². The van der Waals surface area contributed by atoms with Gasteiger partial charge in [0.2, 0.25) is 0 Å². The molecular formula is C21H19BrN2O5. The van der Waals surface area contributed by atoms with Crippen LogP contribution in [0.3, 0.4) is 0 Å². The molecule has 1 N–H and O–H groups in total. The standard InChI is InChI=1S/C21H19BrN2O5/c1-13(2)29-19(25)12-28-18-9-8-14(11-17(18)22)10-16-20(26)23-24(21(16)27)15-6-4-3-5-7-15/h3-11,13H,12H2,1-2H3,(H,23,26)/b16-10-. The number of amides is 2. The number of hydrogen-bond donors (Lipinski definition) is 1. The summed E-state index contributed by atoms with van der Waals surface area (Å²) in [6.45, 7) is 3.30. The second kappa shape index (κ2) is 8.91. The van der Waals surface area contributed by atoms with Crippen molar-refractivity contribution in [1.29, 1.82) is 0 Å². The summed E-state index contributed by atoms with van der Waals surface area (Å²) in [6.07, 6.45) is 1.29. The van der Waals surface area contributed by atoms with Gasteiger partial charge in [-0.15, -0.1) is 0 Å². The number of carbonyl (C=O) groups excluding carboxylic acids is 3. The minimum absolute atomic E-state index is 0.0231. The largest absolute Gasteiger partial charge is 0.481 e. The number of anilines is 1. The number of rotatable bonds is 6. The van der Waals surface area contributed by atoms with Gasteiger partial charge in [0, 0.05) is 0 Å². The Labute approximate surface area is 176 Å². The molecule has 2 amide bonds. The third-order valence-corrected chi connectivity index (χ3v) is 4.51. The summed E-state index contributed by atoms with van der Waals surface area (Å²) >= 11 is 3.37. The first-order chi connectivity index (χ1) is 13.8. The molecule has 0 aromatic heterocycles. The second-order valence-corrected chi connectivity index (χ2v) is 7.35. The van der Waals surface area contributed by atoms with E-state index in [1.807, 2.05) is 6.07 Å². The molecule has 0 radical (unpaired) electrons. The molecule has 2 aromatic carbocycles. The van der Waals surface area contributed by atoms with Crippen LogP contribution in [0.5, 0.6) is 5.75 Å². The number of halogens is 1. The first-order valence-corrected chi connectivity index (χ1v) is 9.68. The lowest BCUT2D eigenvalue weighted by molar-refractivity contribution is -0.149. The van der Waals surface area contributed by atoms with Gasteiger partial charge in [-0.05, 0) is 65.7 Å². The van der Waals surface area contributed by atoms with Gasteiger partial charge >= 0.3 is 5.97 Å². The molecule has 0 atom stereocenters. The predicted octanol–water partition coefficient (Wildman–Crippen LogP) is 3.24. The molecule has 7 nitrogen and oxygen atoms in total. The van der Waals surface area contributed by atoms with E-state index in [0.717, 1.165) is 0 Å². The minimum Gasteiger partial charge on any atom is -0.481 e. The molecule has 0 aliphatic carbocycles. The Hall–Kier alpha value is -3.13. The van der Waals surface area contributed by atoms with Crippen molar-refractivity contribution >= 4 is 45.5 Å². The molecule has 0 spiro atoms. The summed E-state index contributed by atoms with van der Waals surface area (Å²) in [6, 6.07) is 13.9. The van der Waals surface area contributed by atoms with Gasteiger partial charge in [-0.1, -0.05) is 24.3 Å². The van der Waals surface area contributed by atoms with Crippen molar-refractivity contribution in [2.45, 2.75) is 20.0 Å². The fourth-order valence-electron chi connectivity index (χ4n) is 2.64. The molecule has 8 heteroatoms. The topological polar surface area (TPSA) is 84.9 Å². The highest BCUT2D eigenvalue weighted by atomic mass is 79.9. The predicted molar refractivity (Wildman–Crippen MR) is 111 cm³/mol. The number of benzene rings is 2. The zero-order chi connectivity index (χ0) is 21.0. The van der Waals surface area contributed by atoms with Crippen LogP contribution >= 0.6 is 15.9 Å². The van der Waals surface area contributed by atoms with Gasteiger partial charge in [0.25, 0.3) is 11.8 Å². The van der Waals surface area contributed by atoms with Crippen LogP contribution < -0.4 is 15.2 Å². The van der Waals surface area contributed by atoms with Gasteiger partial charge in [0.1, 0.15) is 11.3 Å². The molecular weight excluding hydrogens is 440 g/mol. The number of ether oxygens (including phenoxy) is 2. The highest BCUT2D eigenvalue weighted by molar-refractivity contribution is 9.10. The molecule has 3 rings (SSSR count). The average Bonchev–Trinajstić information content (AvgIpc) is 2.96. The Kier molecular flexibility index (Phi) is 6.33. The molecule has 0 bridgehead atoms. The maximum Gasteiger partial charge on any atom is 0.344 e. The van der Waals surface area contributed by atoms with E-state index in [2.05, 4.69) is 21.4 Å². The van der Waals surface area contributed by atoms with Crippen LogP contribution in [0.4, 0.5) is 5.69 Å². The summed E-state index contributed by atoms with van der Waals surface area (Å²) in [5.41, 5.74) is 3.78. The van der Waals surface area contributed by atoms with Crippen molar-refractivity contribution in [3.63, 3.8) is 0 Å². The van der Waals surface area contributed by atoms with E-state index in [0.29, 0.717) is 21.5 Å². The molecule has 0 saturated carbocycles. The number of para-hydroxylation sites is 1. The Morgan fingerprint density at radius 2 is 1.90 bits per heavy atom. The zero-order valence-corrected chi connectivity index (χ0v) is 17.4. The van der Waals surface area contributed by atoms with Crippen LogP contribution in [0, 0.1) is 0 Å². The Balaban J connectivity index is 1.73. The summed E-state index contributed by atoms with van der Waals surface area (Å²) in [4.78, 5) is 36.5. The maximum absolute atomic E-state index is 12.6. The molecule has 2 aromatic rings. The van der Waals surface area contributed by atoms with E-state index in [1.165, 1.54) is 11.1 Å².